The average molecular weight is 321 g/mol. The second-order valence-corrected chi connectivity index (χ2v) is 9.77. The zero-order valence-corrected chi connectivity index (χ0v) is 15.4. The second kappa shape index (κ2) is 5.73. The first-order valence-electron chi connectivity index (χ1n) is 10.4. The maximum atomic E-state index is 9.60. The summed E-state index contributed by atoms with van der Waals surface area (Å²) in [6.45, 7) is 7.49. The number of fused-ring (bicyclic) bond motifs is 5. The predicted molar refractivity (Wildman–Crippen MR) is 93.0 cm³/mol. The van der Waals surface area contributed by atoms with E-state index in [2.05, 4.69) is 20.8 Å². The molecule has 0 radical (unpaired) electrons. The minimum absolute atomic E-state index is 0.0850. The zero-order valence-electron chi connectivity index (χ0n) is 15.4. The third-order valence-corrected chi connectivity index (χ3v) is 9.49. The Morgan fingerprint density at radius 1 is 0.957 bits per heavy atom. The van der Waals surface area contributed by atoms with Gasteiger partial charge in [-0.3, -0.25) is 5.26 Å². The fourth-order valence-electron chi connectivity index (χ4n) is 8.23. The first kappa shape index (κ1) is 16.4. The van der Waals surface area contributed by atoms with E-state index in [0.717, 1.165) is 36.0 Å². The van der Waals surface area contributed by atoms with Gasteiger partial charge in [-0.2, -0.15) is 0 Å². The summed E-state index contributed by atoms with van der Waals surface area (Å²) >= 11 is 0. The van der Waals surface area contributed by atoms with Crippen molar-refractivity contribution < 1.29 is 10.1 Å². The van der Waals surface area contributed by atoms with Gasteiger partial charge in [-0.05, 0) is 86.4 Å². The van der Waals surface area contributed by atoms with E-state index in [1.54, 1.807) is 0 Å². The van der Waals surface area contributed by atoms with Crippen LogP contribution in [0.5, 0.6) is 0 Å². The molecule has 0 aromatic rings. The monoisotopic (exact) mass is 320 g/mol. The Morgan fingerprint density at radius 2 is 1.78 bits per heavy atom. The summed E-state index contributed by atoms with van der Waals surface area (Å²) in [4.78, 5) is 5.09. The highest BCUT2D eigenvalue weighted by Gasteiger charge is 2.61. The van der Waals surface area contributed by atoms with E-state index < -0.39 is 0 Å². The van der Waals surface area contributed by atoms with E-state index in [-0.39, 0.29) is 11.5 Å². The minimum Gasteiger partial charge on any atom is -0.252 e. The van der Waals surface area contributed by atoms with Crippen LogP contribution in [0, 0.1) is 40.4 Å². The van der Waals surface area contributed by atoms with Crippen LogP contribution in [0.25, 0.3) is 0 Å². The zero-order chi connectivity index (χ0) is 16.2. The van der Waals surface area contributed by atoms with E-state index in [1.165, 1.54) is 57.8 Å². The normalized spacial score (nSPS) is 55.8. The fraction of sp³-hybridized carbons (Fsp3) is 1.00. The molecule has 0 amide bonds. The van der Waals surface area contributed by atoms with Crippen LogP contribution < -0.4 is 0 Å². The Kier molecular flexibility index (Phi) is 4.08. The topological polar surface area (TPSA) is 29.5 Å². The fourth-order valence-corrected chi connectivity index (χ4v) is 8.23. The standard InChI is InChI=1S/C21H36O2/c1-4-14-9-11-17-16-10-8-15-6-5-7-19(23-22)21(15,3)18(16)12-13-20(14,17)2/h14-19,22H,4-13H2,1-3H3/t14-,15-,16-,17-,18-,19?,20+,21-/m0/s1. The van der Waals surface area contributed by atoms with Crippen molar-refractivity contribution in [2.45, 2.75) is 91.1 Å². The van der Waals surface area contributed by atoms with Gasteiger partial charge in [0, 0.05) is 5.41 Å². The predicted octanol–water partition coefficient (Wildman–Crippen LogP) is 5.91. The Balaban J connectivity index is 1.65. The molecule has 0 aliphatic heterocycles. The highest BCUT2D eigenvalue weighted by molar-refractivity contribution is 5.10. The van der Waals surface area contributed by atoms with Crippen molar-refractivity contribution in [3.8, 4) is 0 Å². The molecule has 4 aliphatic rings. The molecule has 2 nitrogen and oxygen atoms in total. The molecule has 0 bridgehead atoms. The van der Waals surface area contributed by atoms with Gasteiger partial charge in [0.25, 0.3) is 0 Å². The van der Waals surface area contributed by atoms with Crippen molar-refractivity contribution >= 4 is 0 Å². The largest absolute Gasteiger partial charge is 0.252 e. The van der Waals surface area contributed by atoms with E-state index in [4.69, 9.17) is 4.89 Å². The quantitative estimate of drug-likeness (QED) is 0.506. The van der Waals surface area contributed by atoms with Crippen LogP contribution in [0.2, 0.25) is 0 Å². The molecule has 0 spiro atoms. The van der Waals surface area contributed by atoms with Crippen molar-refractivity contribution in [3.05, 3.63) is 0 Å². The highest BCUT2D eigenvalue weighted by atomic mass is 17.1. The molecule has 132 valence electrons. The Bertz CT molecular complexity index is 441. The lowest BCUT2D eigenvalue weighted by Gasteiger charge is -2.62. The summed E-state index contributed by atoms with van der Waals surface area (Å²) in [6.07, 6.45) is 13.6. The molecular formula is C21H36O2. The third kappa shape index (κ3) is 2.13. The van der Waals surface area contributed by atoms with Crippen molar-refractivity contribution in [2.75, 3.05) is 0 Å². The lowest BCUT2D eigenvalue weighted by atomic mass is 9.44. The molecule has 0 saturated heterocycles. The van der Waals surface area contributed by atoms with Crippen molar-refractivity contribution in [1.82, 2.24) is 0 Å². The maximum absolute atomic E-state index is 9.60. The van der Waals surface area contributed by atoms with Crippen LogP contribution in [-0.2, 0) is 4.89 Å². The molecular weight excluding hydrogens is 284 g/mol. The summed E-state index contributed by atoms with van der Waals surface area (Å²) in [5.41, 5.74) is 0.824. The van der Waals surface area contributed by atoms with Crippen molar-refractivity contribution in [3.63, 3.8) is 0 Å². The first-order chi connectivity index (χ1) is 11.1. The molecule has 4 aliphatic carbocycles. The molecule has 4 fully saturated rings. The lowest BCUT2D eigenvalue weighted by molar-refractivity contribution is -0.331. The smallest absolute Gasteiger partial charge is 0.0986 e. The average Bonchev–Trinajstić information content (AvgIpc) is 2.90. The molecule has 2 heteroatoms. The highest BCUT2D eigenvalue weighted by Crippen LogP contribution is 2.67. The Hall–Kier alpha value is -0.0800. The molecule has 4 rings (SSSR count). The summed E-state index contributed by atoms with van der Waals surface area (Å²) in [7, 11) is 0. The van der Waals surface area contributed by atoms with Crippen LogP contribution in [0.3, 0.4) is 0 Å². The summed E-state index contributed by atoms with van der Waals surface area (Å²) in [5.74, 6) is 4.34. The van der Waals surface area contributed by atoms with Crippen LogP contribution >= 0.6 is 0 Å². The number of hydrogen-bond donors (Lipinski definition) is 1. The third-order valence-electron chi connectivity index (χ3n) is 9.49. The van der Waals surface area contributed by atoms with Gasteiger partial charge in [-0.1, -0.05) is 33.6 Å². The Labute approximate surface area is 142 Å². The van der Waals surface area contributed by atoms with E-state index in [9.17, 15) is 5.26 Å². The van der Waals surface area contributed by atoms with Gasteiger partial charge < -0.3 is 0 Å². The van der Waals surface area contributed by atoms with E-state index >= 15 is 0 Å². The van der Waals surface area contributed by atoms with Crippen molar-refractivity contribution in [1.29, 1.82) is 0 Å². The SMILES string of the molecule is CC[C@H]1CC[C@H]2[C@@H]3CC[C@@H]4CCCC(OO)[C@]4(C)[C@H]3CC[C@]12C. The molecule has 0 aromatic carbocycles. The first-order valence-corrected chi connectivity index (χ1v) is 10.4. The van der Waals surface area contributed by atoms with E-state index in [1.807, 2.05) is 0 Å². The molecule has 8 atom stereocenters. The van der Waals surface area contributed by atoms with Crippen LogP contribution in [0.1, 0.15) is 85.0 Å². The Morgan fingerprint density at radius 3 is 2.52 bits per heavy atom. The van der Waals surface area contributed by atoms with Crippen molar-refractivity contribution in [2.24, 2.45) is 40.4 Å². The van der Waals surface area contributed by atoms with Gasteiger partial charge in [-0.25, -0.2) is 4.89 Å². The number of hydrogen-bond acceptors (Lipinski definition) is 2. The van der Waals surface area contributed by atoms with Crippen LogP contribution in [0.4, 0.5) is 0 Å². The summed E-state index contributed by atoms with van der Waals surface area (Å²) < 4.78 is 0. The van der Waals surface area contributed by atoms with Gasteiger partial charge in [-0.15, -0.1) is 0 Å². The van der Waals surface area contributed by atoms with Crippen LogP contribution in [-0.4, -0.2) is 11.4 Å². The lowest BCUT2D eigenvalue weighted by Crippen LogP contribution is -2.57. The minimum atomic E-state index is 0.0850. The second-order valence-electron chi connectivity index (χ2n) is 9.77. The van der Waals surface area contributed by atoms with Gasteiger partial charge in [0.15, 0.2) is 0 Å². The maximum Gasteiger partial charge on any atom is 0.0986 e. The molecule has 0 heterocycles. The van der Waals surface area contributed by atoms with Gasteiger partial charge in [0.2, 0.25) is 0 Å². The van der Waals surface area contributed by atoms with E-state index in [0.29, 0.717) is 5.41 Å². The molecule has 23 heavy (non-hydrogen) atoms. The molecule has 4 saturated carbocycles. The van der Waals surface area contributed by atoms with Gasteiger partial charge in [0.05, 0.1) is 6.10 Å². The van der Waals surface area contributed by atoms with Gasteiger partial charge in [0.1, 0.15) is 0 Å². The van der Waals surface area contributed by atoms with Gasteiger partial charge >= 0.3 is 0 Å². The summed E-state index contributed by atoms with van der Waals surface area (Å²) in [5, 5.41) is 9.60. The molecule has 1 unspecified atom stereocenters. The molecule has 0 aromatic heterocycles. The molecule has 1 N–H and O–H groups in total. The number of rotatable bonds is 2. The summed E-state index contributed by atoms with van der Waals surface area (Å²) in [6, 6.07) is 0. The van der Waals surface area contributed by atoms with Crippen LogP contribution in [0.15, 0.2) is 0 Å².